The van der Waals surface area contributed by atoms with Gasteiger partial charge in [-0.05, 0) is 61.1 Å². The van der Waals surface area contributed by atoms with Gasteiger partial charge in [0.1, 0.15) is 17.5 Å². The van der Waals surface area contributed by atoms with Crippen molar-refractivity contribution < 1.29 is 19.1 Å². The maximum absolute atomic E-state index is 13.7. The second kappa shape index (κ2) is 11.1. The molecule has 0 unspecified atom stereocenters. The summed E-state index contributed by atoms with van der Waals surface area (Å²) in [5.41, 5.74) is 2.24. The predicted molar refractivity (Wildman–Crippen MR) is 142 cm³/mol. The minimum absolute atomic E-state index is 0.0159. The number of nitrogens with one attached hydrogen (secondary N) is 3. The lowest BCUT2D eigenvalue weighted by molar-refractivity contribution is -0.142. The van der Waals surface area contributed by atoms with Crippen molar-refractivity contribution in [2.75, 3.05) is 19.6 Å². The molecule has 3 amide bonds. The number of amides is 3. The average molecular weight is 516 g/mol. The van der Waals surface area contributed by atoms with Crippen molar-refractivity contribution in [3.8, 4) is 11.5 Å². The van der Waals surface area contributed by atoms with Crippen LogP contribution in [-0.4, -0.2) is 58.3 Å². The number of rotatable bonds is 4. The minimum atomic E-state index is -0.695. The summed E-state index contributed by atoms with van der Waals surface area (Å²) in [7, 11) is 0. The van der Waals surface area contributed by atoms with E-state index in [1.807, 2.05) is 48.5 Å². The number of H-pyrrole nitrogens is 1. The van der Waals surface area contributed by atoms with Gasteiger partial charge >= 0.3 is 0 Å². The van der Waals surface area contributed by atoms with Crippen LogP contribution < -0.4 is 15.4 Å². The molecular formula is C29H33N5O4. The Bertz CT molecular complexity index is 1300. The summed E-state index contributed by atoms with van der Waals surface area (Å²) in [6.45, 7) is 2.80. The van der Waals surface area contributed by atoms with Crippen molar-refractivity contribution in [1.82, 2.24) is 25.5 Å². The van der Waals surface area contributed by atoms with E-state index in [2.05, 4.69) is 20.6 Å². The van der Waals surface area contributed by atoms with E-state index in [1.165, 1.54) is 6.92 Å². The number of fused-ring (bicyclic) bond motifs is 4. The van der Waals surface area contributed by atoms with Gasteiger partial charge in [0.25, 0.3) is 0 Å². The molecule has 9 heteroatoms. The number of likely N-dealkylation sites (tertiary alicyclic amines) is 1. The molecule has 1 atom stereocenters. The number of aromatic amines is 1. The van der Waals surface area contributed by atoms with Crippen LogP contribution in [0.4, 0.5) is 0 Å². The van der Waals surface area contributed by atoms with Crippen LogP contribution in [-0.2, 0) is 33.6 Å². The first-order chi connectivity index (χ1) is 18.4. The fourth-order valence-electron chi connectivity index (χ4n) is 5.44. The lowest BCUT2D eigenvalue weighted by atomic mass is 9.72. The molecule has 9 nitrogen and oxygen atoms in total. The van der Waals surface area contributed by atoms with Crippen molar-refractivity contribution in [2.45, 2.75) is 45.1 Å². The van der Waals surface area contributed by atoms with Crippen molar-refractivity contribution in [3.05, 3.63) is 77.9 Å². The van der Waals surface area contributed by atoms with E-state index in [0.29, 0.717) is 51.7 Å². The highest BCUT2D eigenvalue weighted by Gasteiger charge is 2.43. The lowest BCUT2D eigenvalue weighted by Gasteiger charge is -2.41. The Balaban J connectivity index is 1.34. The number of ether oxygens (including phenoxy) is 1. The molecule has 0 aliphatic carbocycles. The topological polar surface area (TPSA) is 116 Å². The highest BCUT2D eigenvalue weighted by atomic mass is 16.5. The third-order valence-electron chi connectivity index (χ3n) is 7.44. The Morgan fingerprint density at radius 2 is 1.82 bits per heavy atom. The molecule has 2 aliphatic rings. The van der Waals surface area contributed by atoms with Crippen LogP contribution in [0.5, 0.6) is 11.5 Å². The van der Waals surface area contributed by atoms with Crippen LogP contribution in [0.15, 0.2) is 61.1 Å². The first kappa shape index (κ1) is 25.5. The molecule has 5 rings (SSSR count). The molecule has 0 saturated carbocycles. The summed E-state index contributed by atoms with van der Waals surface area (Å²) in [5.74, 6) is 1.11. The zero-order chi connectivity index (χ0) is 26.5. The Morgan fingerprint density at radius 1 is 1.11 bits per heavy atom. The van der Waals surface area contributed by atoms with Gasteiger partial charge in [-0.3, -0.25) is 14.4 Å². The van der Waals surface area contributed by atoms with E-state index in [0.717, 1.165) is 28.3 Å². The van der Waals surface area contributed by atoms with Crippen LogP contribution in [0, 0.1) is 5.41 Å². The molecule has 3 N–H and O–H groups in total. The maximum atomic E-state index is 13.7. The third-order valence-corrected chi connectivity index (χ3v) is 7.44. The number of imidazole rings is 1. The highest BCUT2D eigenvalue weighted by molar-refractivity contribution is 5.88. The van der Waals surface area contributed by atoms with Crippen LogP contribution >= 0.6 is 0 Å². The number of carbonyl (C=O) groups is 3. The second-order valence-corrected chi connectivity index (χ2v) is 10.2. The maximum Gasteiger partial charge on any atom is 0.245 e. The second-order valence-electron chi connectivity index (χ2n) is 10.2. The van der Waals surface area contributed by atoms with Gasteiger partial charge in [0.2, 0.25) is 17.7 Å². The van der Waals surface area contributed by atoms with Crippen molar-refractivity contribution >= 4 is 17.7 Å². The van der Waals surface area contributed by atoms with Crippen molar-refractivity contribution in [1.29, 1.82) is 0 Å². The van der Waals surface area contributed by atoms with Crippen molar-refractivity contribution in [2.24, 2.45) is 5.41 Å². The lowest BCUT2D eigenvalue weighted by Crippen LogP contribution is -2.55. The largest absolute Gasteiger partial charge is 0.457 e. The highest BCUT2D eigenvalue weighted by Crippen LogP contribution is 2.37. The summed E-state index contributed by atoms with van der Waals surface area (Å²) >= 11 is 0. The Hall–Kier alpha value is -4.14. The van der Waals surface area contributed by atoms with Gasteiger partial charge in [-0.2, -0.15) is 0 Å². The molecule has 1 spiro atoms. The van der Waals surface area contributed by atoms with Crippen LogP contribution in [0.25, 0.3) is 0 Å². The van der Waals surface area contributed by atoms with E-state index in [-0.39, 0.29) is 17.7 Å². The minimum Gasteiger partial charge on any atom is -0.457 e. The number of nitrogens with zero attached hydrogens (tertiary/aromatic N) is 2. The smallest absolute Gasteiger partial charge is 0.245 e. The van der Waals surface area contributed by atoms with E-state index < -0.39 is 11.5 Å². The van der Waals surface area contributed by atoms with Gasteiger partial charge in [-0.25, -0.2) is 4.98 Å². The average Bonchev–Trinajstić information content (AvgIpc) is 3.41. The number of benzene rings is 2. The van der Waals surface area contributed by atoms with Gasteiger partial charge in [-0.15, -0.1) is 0 Å². The molecule has 3 aromatic rings. The zero-order valence-electron chi connectivity index (χ0n) is 21.5. The number of hydrogen-bond acceptors (Lipinski definition) is 5. The molecule has 1 saturated heterocycles. The Labute approximate surface area is 222 Å². The summed E-state index contributed by atoms with van der Waals surface area (Å²) in [6.07, 6.45) is 5.84. The summed E-state index contributed by atoms with van der Waals surface area (Å²) < 4.78 is 6.13. The molecule has 38 heavy (non-hydrogen) atoms. The van der Waals surface area contributed by atoms with Gasteiger partial charge in [-0.1, -0.05) is 24.3 Å². The van der Waals surface area contributed by atoms with Crippen LogP contribution in [0.3, 0.4) is 0 Å². The molecule has 1 aromatic heterocycles. The first-order valence-corrected chi connectivity index (χ1v) is 13.1. The van der Waals surface area contributed by atoms with Gasteiger partial charge < -0.3 is 25.3 Å². The van der Waals surface area contributed by atoms with Gasteiger partial charge in [0.05, 0.1) is 11.7 Å². The number of aromatic nitrogens is 2. The quantitative estimate of drug-likeness (QED) is 0.494. The van der Waals surface area contributed by atoms with E-state index in [4.69, 9.17) is 4.74 Å². The summed E-state index contributed by atoms with van der Waals surface area (Å²) in [4.78, 5) is 47.7. The van der Waals surface area contributed by atoms with E-state index in [1.54, 1.807) is 17.4 Å². The van der Waals surface area contributed by atoms with Crippen LogP contribution in [0.2, 0.25) is 0 Å². The fourth-order valence-corrected chi connectivity index (χ4v) is 5.44. The normalized spacial score (nSPS) is 17.7. The number of hydrogen-bond donors (Lipinski definition) is 3. The Morgan fingerprint density at radius 3 is 2.50 bits per heavy atom. The predicted octanol–water partition coefficient (Wildman–Crippen LogP) is 2.77. The monoisotopic (exact) mass is 515 g/mol. The first-order valence-electron chi connectivity index (χ1n) is 13.1. The van der Waals surface area contributed by atoms with Gasteiger partial charge in [0.15, 0.2) is 0 Å². The third kappa shape index (κ3) is 5.88. The standard InChI is InChI=1S/C29H33N5O4/c1-20(35)33-26(16-23-18-30-19-32-23)27(36)34-12-9-29(10-13-34)17-22-5-3-7-25(15-22)38-24-6-2-4-21(14-24)8-11-31-28(29)37/h2-7,14-15,18-19,26H,8-13,16-17H2,1H3,(H,30,32)(H,31,37)(H,33,35)/t26-/m0/s1. The summed E-state index contributed by atoms with van der Waals surface area (Å²) in [6, 6.07) is 15.1. The van der Waals surface area contributed by atoms with Gasteiger partial charge in [0, 0.05) is 44.9 Å². The molecule has 3 heterocycles. The fraction of sp³-hybridized carbons (Fsp3) is 0.379. The molecule has 4 bridgehead atoms. The molecular weight excluding hydrogens is 482 g/mol. The van der Waals surface area contributed by atoms with Crippen LogP contribution in [0.1, 0.15) is 36.6 Å². The Kier molecular flexibility index (Phi) is 7.44. The molecule has 2 aromatic carbocycles. The molecule has 2 aliphatic heterocycles. The van der Waals surface area contributed by atoms with E-state index in [9.17, 15) is 14.4 Å². The zero-order valence-corrected chi connectivity index (χ0v) is 21.5. The summed E-state index contributed by atoms with van der Waals surface area (Å²) in [5, 5.41) is 5.95. The van der Waals surface area contributed by atoms with Crippen molar-refractivity contribution in [3.63, 3.8) is 0 Å². The number of piperidine rings is 1. The molecule has 0 radical (unpaired) electrons. The SMILES string of the molecule is CC(=O)N[C@@H](Cc1cnc[nH]1)C(=O)N1CCC2(CC1)Cc1cccc(c1)Oc1cccc(c1)CCNC2=O. The van der Waals surface area contributed by atoms with E-state index >= 15 is 0 Å². The number of carbonyl (C=O) groups excluding carboxylic acids is 3. The molecule has 198 valence electrons. The molecule has 1 fully saturated rings.